The largest absolute Gasteiger partial charge is 0.356 e. The average Bonchev–Trinajstić information content (AvgIpc) is 3.10. The summed E-state index contributed by atoms with van der Waals surface area (Å²) in [5, 5.41) is 11.9. The van der Waals surface area contributed by atoms with Gasteiger partial charge in [0.05, 0.1) is 5.81 Å². The van der Waals surface area contributed by atoms with Crippen molar-refractivity contribution >= 4 is 13.8 Å². The molecule has 0 saturated heterocycles. The van der Waals surface area contributed by atoms with Crippen molar-refractivity contribution in [1.29, 1.82) is 5.26 Å². The molecule has 4 aliphatic carbocycles. The third kappa shape index (κ3) is 5.17. The van der Waals surface area contributed by atoms with Crippen molar-refractivity contribution in [1.82, 2.24) is 5.32 Å². The fraction of sp³-hybridized carbons (Fsp3) is 0.931. The van der Waals surface area contributed by atoms with Crippen molar-refractivity contribution < 1.29 is 4.79 Å². The minimum absolute atomic E-state index is 0. The van der Waals surface area contributed by atoms with Crippen LogP contribution in [0.2, 0.25) is 0 Å². The quantitative estimate of drug-likeness (QED) is 0.383. The Morgan fingerprint density at radius 1 is 1.09 bits per heavy atom. The summed E-state index contributed by atoms with van der Waals surface area (Å²) in [4.78, 5) is 12.3. The standard InChI is InChI=1S/C28H47N2OP.CH4/c1-20-18-22-8-5-6-14-27(22,2)24-13-15-28(3)21(11-12-23(28)26(20)24)9-7-10-25(31)30-16-17-32(4)19-29;/h20-24,26H,5-18H2,1-4H3,(H,30,31);1H4. The van der Waals surface area contributed by atoms with Crippen LogP contribution >= 0.6 is 7.92 Å². The van der Waals surface area contributed by atoms with Crippen LogP contribution in [0.5, 0.6) is 0 Å². The summed E-state index contributed by atoms with van der Waals surface area (Å²) in [7, 11) is -0.573. The summed E-state index contributed by atoms with van der Waals surface area (Å²) in [5.41, 5.74) is 1.13. The van der Waals surface area contributed by atoms with E-state index >= 15 is 0 Å². The van der Waals surface area contributed by atoms with Gasteiger partial charge in [-0.2, -0.15) is 5.26 Å². The maximum Gasteiger partial charge on any atom is 0.220 e. The maximum atomic E-state index is 12.3. The van der Waals surface area contributed by atoms with Crippen LogP contribution < -0.4 is 5.32 Å². The monoisotopic (exact) mass is 474 g/mol. The molecule has 9 unspecified atom stereocenters. The van der Waals surface area contributed by atoms with E-state index in [0.29, 0.717) is 23.8 Å². The third-order valence-electron chi connectivity index (χ3n) is 11.0. The number of rotatable bonds is 7. The highest BCUT2D eigenvalue weighted by Crippen LogP contribution is 2.69. The number of fused-ring (bicyclic) bond motifs is 5. The Kier molecular flexibility index (Phi) is 8.98. The van der Waals surface area contributed by atoms with E-state index in [-0.39, 0.29) is 13.3 Å². The molecule has 9 atom stereocenters. The molecular weight excluding hydrogens is 423 g/mol. The number of carbonyl (C=O) groups is 1. The van der Waals surface area contributed by atoms with E-state index in [1.54, 1.807) is 0 Å². The first-order chi connectivity index (χ1) is 15.3. The molecule has 0 aromatic heterocycles. The molecule has 0 aliphatic heterocycles. The van der Waals surface area contributed by atoms with Gasteiger partial charge in [0.2, 0.25) is 5.91 Å². The molecule has 0 aromatic rings. The van der Waals surface area contributed by atoms with Gasteiger partial charge in [0.1, 0.15) is 0 Å². The highest BCUT2D eigenvalue weighted by molar-refractivity contribution is 7.61. The summed E-state index contributed by atoms with van der Waals surface area (Å²) in [6.07, 6.45) is 16.9. The smallest absolute Gasteiger partial charge is 0.220 e. The molecule has 188 valence electrons. The maximum absolute atomic E-state index is 12.3. The predicted octanol–water partition coefficient (Wildman–Crippen LogP) is 7.80. The fourth-order valence-electron chi connectivity index (χ4n) is 9.26. The fourth-order valence-corrected chi connectivity index (χ4v) is 9.81. The number of hydrogen-bond donors (Lipinski definition) is 1. The Hall–Kier alpha value is -0.610. The molecule has 3 nitrogen and oxygen atoms in total. The van der Waals surface area contributed by atoms with E-state index in [9.17, 15) is 4.79 Å². The second-order valence-corrected chi connectivity index (χ2v) is 14.6. The molecule has 1 N–H and O–H groups in total. The number of nitrogens with one attached hydrogen (secondary N) is 1. The Morgan fingerprint density at radius 3 is 2.61 bits per heavy atom. The number of carbonyl (C=O) groups excluding carboxylic acids is 1. The molecule has 4 fully saturated rings. The van der Waals surface area contributed by atoms with E-state index in [4.69, 9.17) is 5.26 Å². The normalized spacial score (nSPS) is 42.6. The summed E-state index contributed by atoms with van der Waals surface area (Å²) in [6, 6.07) is 0. The SMILES string of the molecule is C.CC1CC2CCCCC2(C)C2CCC3(C)C(CCCC(=O)NCCP(C)C#N)CCC3C12. The molecular formula is C29H51N2OP. The number of nitrogens with zero attached hydrogens (tertiary/aromatic N) is 1. The molecule has 4 heteroatoms. The lowest BCUT2D eigenvalue weighted by atomic mass is 9.43. The van der Waals surface area contributed by atoms with Crippen LogP contribution in [0.25, 0.3) is 0 Å². The molecule has 4 rings (SSSR count). The first-order valence-electron chi connectivity index (χ1n) is 13.7. The number of amides is 1. The third-order valence-corrected chi connectivity index (χ3v) is 12.3. The number of nitriles is 1. The van der Waals surface area contributed by atoms with Crippen LogP contribution in [0.1, 0.15) is 105 Å². The Morgan fingerprint density at radius 2 is 1.85 bits per heavy atom. The van der Waals surface area contributed by atoms with Gasteiger partial charge in [-0.3, -0.25) is 4.79 Å². The van der Waals surface area contributed by atoms with Gasteiger partial charge in [-0.25, -0.2) is 0 Å². The first-order valence-corrected chi connectivity index (χ1v) is 15.6. The molecule has 1 amide bonds. The molecule has 0 spiro atoms. The van der Waals surface area contributed by atoms with Crippen LogP contribution in [0.3, 0.4) is 0 Å². The second-order valence-electron chi connectivity index (χ2n) is 12.5. The van der Waals surface area contributed by atoms with Gasteiger partial charge >= 0.3 is 0 Å². The molecule has 4 aliphatic rings. The van der Waals surface area contributed by atoms with Gasteiger partial charge in [-0.1, -0.05) is 41.0 Å². The Bertz CT molecular complexity index is 719. The van der Waals surface area contributed by atoms with Crippen LogP contribution in [0.4, 0.5) is 0 Å². The zero-order valence-corrected chi connectivity index (χ0v) is 22.1. The van der Waals surface area contributed by atoms with Crippen molar-refractivity contribution in [3.8, 4) is 5.81 Å². The van der Waals surface area contributed by atoms with E-state index < -0.39 is 7.92 Å². The van der Waals surface area contributed by atoms with E-state index in [2.05, 4.69) is 31.9 Å². The summed E-state index contributed by atoms with van der Waals surface area (Å²) >= 11 is 0. The van der Waals surface area contributed by atoms with Crippen LogP contribution in [0, 0.1) is 57.4 Å². The summed E-state index contributed by atoms with van der Waals surface area (Å²) < 4.78 is 0. The van der Waals surface area contributed by atoms with Gasteiger partial charge in [-0.05, 0) is 117 Å². The van der Waals surface area contributed by atoms with Crippen molar-refractivity contribution in [2.45, 2.75) is 105 Å². The van der Waals surface area contributed by atoms with Gasteiger partial charge in [0.15, 0.2) is 0 Å². The highest BCUT2D eigenvalue weighted by atomic mass is 31.1. The first kappa shape index (κ1) is 27.0. The van der Waals surface area contributed by atoms with E-state index in [1.165, 1.54) is 64.2 Å². The van der Waals surface area contributed by atoms with E-state index in [1.807, 2.05) is 6.66 Å². The zero-order chi connectivity index (χ0) is 22.9. The predicted molar refractivity (Wildman–Crippen MR) is 141 cm³/mol. The van der Waals surface area contributed by atoms with Gasteiger partial charge in [0.25, 0.3) is 0 Å². The van der Waals surface area contributed by atoms with E-state index in [0.717, 1.165) is 48.1 Å². The molecule has 0 heterocycles. The molecule has 4 saturated carbocycles. The Labute approximate surface area is 206 Å². The van der Waals surface area contributed by atoms with Crippen molar-refractivity contribution in [2.75, 3.05) is 19.4 Å². The van der Waals surface area contributed by atoms with Crippen LogP contribution in [-0.2, 0) is 4.79 Å². The second kappa shape index (κ2) is 11.0. The minimum atomic E-state index is -0.573. The van der Waals surface area contributed by atoms with Gasteiger partial charge in [-0.15, -0.1) is 0 Å². The van der Waals surface area contributed by atoms with Crippen molar-refractivity contribution in [2.24, 2.45) is 46.3 Å². The van der Waals surface area contributed by atoms with Gasteiger partial charge < -0.3 is 5.32 Å². The van der Waals surface area contributed by atoms with Crippen LogP contribution in [-0.4, -0.2) is 25.3 Å². The zero-order valence-electron chi connectivity index (χ0n) is 21.2. The van der Waals surface area contributed by atoms with Crippen LogP contribution in [0.15, 0.2) is 0 Å². The lowest BCUT2D eigenvalue weighted by Gasteiger charge is -2.62. The molecule has 33 heavy (non-hydrogen) atoms. The topological polar surface area (TPSA) is 52.9 Å². The van der Waals surface area contributed by atoms with Crippen molar-refractivity contribution in [3.05, 3.63) is 0 Å². The molecule has 0 radical (unpaired) electrons. The average molecular weight is 475 g/mol. The lowest BCUT2D eigenvalue weighted by Crippen LogP contribution is -2.55. The molecule has 0 bridgehead atoms. The Balaban J connectivity index is 0.00000306. The summed E-state index contributed by atoms with van der Waals surface area (Å²) in [6.45, 7) is 10.6. The number of hydrogen-bond acceptors (Lipinski definition) is 2. The lowest BCUT2D eigenvalue weighted by molar-refractivity contribution is -0.135. The summed E-state index contributed by atoms with van der Waals surface area (Å²) in [5.74, 6) is 8.04. The van der Waals surface area contributed by atoms with Crippen molar-refractivity contribution in [3.63, 3.8) is 0 Å². The highest BCUT2D eigenvalue weighted by Gasteiger charge is 2.61. The minimum Gasteiger partial charge on any atom is -0.356 e. The van der Waals surface area contributed by atoms with Gasteiger partial charge in [0, 0.05) is 20.9 Å². The molecule has 0 aromatic carbocycles.